The van der Waals surface area contributed by atoms with Gasteiger partial charge in [0.2, 0.25) is 0 Å². The van der Waals surface area contributed by atoms with Gasteiger partial charge in [0.25, 0.3) is 10.0 Å². The van der Waals surface area contributed by atoms with Gasteiger partial charge < -0.3 is 0 Å². The minimum absolute atomic E-state index is 0.0983. The van der Waals surface area contributed by atoms with Crippen LogP contribution in [0, 0.1) is 0 Å². The molecule has 122 valence electrons. The number of hydrogen-bond donors (Lipinski definition) is 0. The van der Waals surface area contributed by atoms with E-state index in [2.05, 4.69) is 18.8 Å². The van der Waals surface area contributed by atoms with Gasteiger partial charge in [-0.05, 0) is 54.0 Å². The zero-order valence-electron chi connectivity index (χ0n) is 13.5. The molecule has 4 nitrogen and oxygen atoms in total. The van der Waals surface area contributed by atoms with Crippen LogP contribution in [-0.4, -0.2) is 40.0 Å². The molecule has 23 heavy (non-hydrogen) atoms. The molecule has 0 saturated heterocycles. The van der Waals surface area contributed by atoms with Crippen molar-refractivity contribution in [1.29, 1.82) is 0 Å². The molecular weight excluding hydrogens is 330 g/mol. The highest BCUT2D eigenvalue weighted by Crippen LogP contribution is 2.47. The summed E-state index contributed by atoms with van der Waals surface area (Å²) in [5.74, 6) is -0.251. The molecule has 0 bridgehead atoms. The molecule has 0 aliphatic carbocycles. The maximum absolute atomic E-state index is 13.0. The van der Waals surface area contributed by atoms with Gasteiger partial charge >= 0.3 is 0 Å². The van der Waals surface area contributed by atoms with Crippen molar-refractivity contribution >= 4 is 31.5 Å². The molecule has 0 unspecified atom stereocenters. The Balaban J connectivity index is 2.37. The van der Waals surface area contributed by atoms with E-state index in [-0.39, 0.29) is 16.2 Å². The predicted octanol–water partition coefficient (Wildman–Crippen LogP) is 3.11. The number of rotatable bonds is 1. The second-order valence-corrected chi connectivity index (χ2v) is 12.4. The van der Waals surface area contributed by atoms with Crippen molar-refractivity contribution < 1.29 is 13.2 Å². The van der Waals surface area contributed by atoms with Gasteiger partial charge in [0.05, 0.1) is 10.6 Å². The second kappa shape index (κ2) is 5.11. The van der Waals surface area contributed by atoms with Crippen molar-refractivity contribution in [2.75, 3.05) is 30.1 Å². The summed E-state index contributed by atoms with van der Waals surface area (Å²) in [4.78, 5) is 13.9. The number of fused-ring (bicyclic) bond motifs is 2. The molecule has 0 saturated carbocycles. The molecule has 0 amide bonds. The van der Waals surface area contributed by atoms with Crippen LogP contribution in [0.5, 0.6) is 0 Å². The zero-order chi connectivity index (χ0) is 17.0. The molecule has 0 radical (unpaired) electrons. The minimum Gasteiger partial charge on any atom is -0.288 e. The molecule has 2 aromatic rings. The van der Waals surface area contributed by atoms with Gasteiger partial charge in [-0.1, -0.05) is 12.1 Å². The predicted molar refractivity (Wildman–Crippen MR) is 95.5 cm³/mol. The summed E-state index contributed by atoms with van der Waals surface area (Å²) in [7, 11) is -3.36. The summed E-state index contributed by atoms with van der Waals surface area (Å²) in [6.07, 6.45) is 6.29. The van der Waals surface area contributed by atoms with E-state index in [4.69, 9.17) is 0 Å². The Hall–Kier alpha value is -1.79. The van der Waals surface area contributed by atoms with E-state index in [1.807, 2.05) is 6.07 Å². The normalized spacial score (nSPS) is 17.2. The van der Waals surface area contributed by atoms with Crippen molar-refractivity contribution in [2.24, 2.45) is 0 Å². The van der Waals surface area contributed by atoms with Crippen molar-refractivity contribution in [2.45, 2.75) is 9.79 Å². The lowest BCUT2D eigenvalue weighted by molar-refractivity contribution is 0.103. The summed E-state index contributed by atoms with van der Waals surface area (Å²) in [6, 6.07) is 12.0. The summed E-state index contributed by atoms with van der Waals surface area (Å²) in [5, 5.41) is 0. The van der Waals surface area contributed by atoms with Gasteiger partial charge in [-0.25, -0.2) is 18.4 Å². The molecule has 3 rings (SSSR count). The van der Waals surface area contributed by atoms with Gasteiger partial charge in [-0.3, -0.25) is 9.10 Å². The van der Waals surface area contributed by atoms with Crippen LogP contribution < -0.4 is 4.31 Å². The Morgan fingerprint density at radius 3 is 2.26 bits per heavy atom. The minimum atomic E-state index is -3.76. The largest absolute Gasteiger partial charge is 0.288 e. The van der Waals surface area contributed by atoms with Gasteiger partial charge in [-0.2, -0.15) is 0 Å². The standard InChI is InChI=1S/C17H19NO3S2/c1-18-15-8-6-5-7-13(15)17(19)14-10-9-12(22(2,3)4)11-16(14)23(18,20)21/h5-11H,1-4H3. The number of carbonyl (C=O) groups is 1. The van der Waals surface area contributed by atoms with Gasteiger partial charge in [0, 0.05) is 18.2 Å². The van der Waals surface area contributed by atoms with E-state index < -0.39 is 20.1 Å². The average molecular weight is 349 g/mol. The van der Waals surface area contributed by atoms with E-state index in [9.17, 15) is 13.2 Å². The van der Waals surface area contributed by atoms with E-state index in [1.54, 1.807) is 36.4 Å². The van der Waals surface area contributed by atoms with Crippen molar-refractivity contribution in [3.63, 3.8) is 0 Å². The molecule has 6 heteroatoms. The first-order chi connectivity index (χ1) is 10.6. The second-order valence-electron chi connectivity index (χ2n) is 6.31. The Morgan fingerprint density at radius 2 is 1.61 bits per heavy atom. The fourth-order valence-corrected chi connectivity index (χ4v) is 5.10. The third kappa shape index (κ3) is 2.46. The highest BCUT2D eigenvalue weighted by molar-refractivity contribution is 8.32. The molecule has 0 spiro atoms. The summed E-state index contributed by atoms with van der Waals surface area (Å²) >= 11 is 0. The van der Waals surface area contributed by atoms with Crippen molar-refractivity contribution in [1.82, 2.24) is 0 Å². The topological polar surface area (TPSA) is 54.5 Å². The highest BCUT2D eigenvalue weighted by Gasteiger charge is 2.34. The van der Waals surface area contributed by atoms with Crippen LogP contribution in [-0.2, 0) is 10.0 Å². The molecule has 1 aliphatic rings. The summed E-state index contributed by atoms with van der Waals surface area (Å²) in [6.45, 7) is 0. The number of para-hydroxylation sites is 1. The third-order valence-electron chi connectivity index (χ3n) is 4.03. The van der Waals surface area contributed by atoms with Crippen LogP contribution in [0.3, 0.4) is 0 Å². The van der Waals surface area contributed by atoms with Gasteiger partial charge in [0.15, 0.2) is 5.78 Å². The summed E-state index contributed by atoms with van der Waals surface area (Å²) in [5.41, 5.74) is 1.07. The highest BCUT2D eigenvalue weighted by atomic mass is 32.3. The Morgan fingerprint density at radius 1 is 0.957 bits per heavy atom. The fraction of sp³-hybridized carbons (Fsp3) is 0.235. The van der Waals surface area contributed by atoms with E-state index in [1.165, 1.54) is 11.4 Å². The number of benzene rings is 2. The maximum atomic E-state index is 13.0. The zero-order valence-corrected chi connectivity index (χ0v) is 15.2. The quantitative estimate of drug-likeness (QED) is 0.795. The van der Waals surface area contributed by atoms with Crippen LogP contribution in [0.2, 0.25) is 0 Å². The third-order valence-corrected chi connectivity index (χ3v) is 7.51. The number of nitrogens with zero attached hydrogens (tertiary/aromatic N) is 1. The first-order valence-corrected chi connectivity index (χ1v) is 11.4. The van der Waals surface area contributed by atoms with E-state index >= 15 is 0 Å². The van der Waals surface area contributed by atoms with Crippen LogP contribution in [0.25, 0.3) is 0 Å². The fourth-order valence-electron chi connectivity index (χ4n) is 2.65. The molecule has 1 heterocycles. The Kier molecular flexibility index (Phi) is 3.57. The summed E-state index contributed by atoms with van der Waals surface area (Å²) < 4.78 is 27.2. The van der Waals surface area contributed by atoms with Gasteiger partial charge in [-0.15, -0.1) is 0 Å². The first-order valence-electron chi connectivity index (χ1n) is 7.09. The van der Waals surface area contributed by atoms with Crippen LogP contribution >= 0.6 is 10.0 Å². The first kappa shape index (κ1) is 16.1. The smallest absolute Gasteiger partial charge is 0.264 e. The number of sulfonamides is 1. The monoisotopic (exact) mass is 349 g/mol. The number of anilines is 1. The SMILES string of the molecule is CN1c2ccccc2C(=O)c2ccc(S(C)(C)C)cc2S1(=O)=O. The lowest BCUT2D eigenvalue weighted by atomic mass is 10.0. The number of carbonyl (C=O) groups excluding carboxylic acids is 1. The van der Waals surface area contributed by atoms with Gasteiger partial charge in [0.1, 0.15) is 0 Å². The average Bonchev–Trinajstić information content (AvgIpc) is 2.56. The molecule has 1 aliphatic heterocycles. The van der Waals surface area contributed by atoms with Crippen LogP contribution in [0.15, 0.2) is 52.3 Å². The number of ketones is 1. The molecule has 0 fully saturated rings. The Bertz CT molecular complexity index is 912. The molecule has 0 N–H and O–H groups in total. The lowest BCUT2D eigenvalue weighted by Crippen LogP contribution is -2.26. The van der Waals surface area contributed by atoms with E-state index in [0.717, 1.165) is 4.90 Å². The Labute approximate surface area is 138 Å². The molecular formula is C17H19NO3S2. The van der Waals surface area contributed by atoms with Crippen molar-refractivity contribution in [3.8, 4) is 0 Å². The maximum Gasteiger partial charge on any atom is 0.264 e. The molecule has 0 atom stereocenters. The van der Waals surface area contributed by atoms with Crippen molar-refractivity contribution in [3.05, 3.63) is 53.6 Å². The lowest BCUT2D eigenvalue weighted by Gasteiger charge is -2.27. The number of hydrogen-bond acceptors (Lipinski definition) is 3. The molecule has 2 aromatic carbocycles. The van der Waals surface area contributed by atoms with E-state index in [0.29, 0.717) is 11.3 Å². The molecule has 0 aromatic heterocycles. The van der Waals surface area contributed by atoms with Crippen LogP contribution in [0.1, 0.15) is 15.9 Å². The van der Waals surface area contributed by atoms with Crippen LogP contribution in [0.4, 0.5) is 5.69 Å².